The number of halogens is 1. The minimum atomic E-state index is -0.371. The molecule has 0 aliphatic carbocycles. The summed E-state index contributed by atoms with van der Waals surface area (Å²) in [5.74, 6) is -0.113. The van der Waals surface area contributed by atoms with Crippen LogP contribution in [0, 0.1) is 0 Å². The van der Waals surface area contributed by atoms with Gasteiger partial charge in [-0.2, -0.15) is 0 Å². The van der Waals surface area contributed by atoms with E-state index in [-0.39, 0.29) is 24.5 Å². The van der Waals surface area contributed by atoms with Crippen LogP contribution in [0.4, 0.5) is 9.80 Å². The first-order chi connectivity index (χ1) is 11.1. The zero-order valence-electron chi connectivity index (χ0n) is 12.2. The summed E-state index contributed by atoms with van der Waals surface area (Å²) in [5, 5.41) is 6.20. The minimum absolute atomic E-state index is 0.113. The zero-order chi connectivity index (χ0) is 16.2. The summed E-state index contributed by atoms with van der Waals surface area (Å²) >= 11 is 7.29. The normalized spacial score (nSPS) is 17.2. The van der Waals surface area contributed by atoms with Gasteiger partial charge in [0.1, 0.15) is 11.1 Å². The molecule has 1 N–H and O–H groups in total. The largest absolute Gasteiger partial charge is 0.442 e. The second-order valence-corrected chi connectivity index (χ2v) is 6.54. The highest BCUT2D eigenvalue weighted by Crippen LogP contribution is 2.26. The molecule has 1 unspecified atom stereocenters. The Balaban J connectivity index is 1.48. The molecule has 2 heterocycles. The Kier molecular flexibility index (Phi) is 4.83. The van der Waals surface area contributed by atoms with Crippen molar-refractivity contribution in [1.82, 2.24) is 5.32 Å². The van der Waals surface area contributed by atoms with Crippen molar-refractivity contribution >= 4 is 39.9 Å². The molecule has 7 heteroatoms. The van der Waals surface area contributed by atoms with Crippen molar-refractivity contribution in [3.05, 3.63) is 52.4 Å². The number of nitrogens with one attached hydrogen (secondary N) is 1. The fourth-order valence-corrected chi connectivity index (χ4v) is 3.17. The molecule has 0 radical (unpaired) electrons. The topological polar surface area (TPSA) is 58.6 Å². The van der Waals surface area contributed by atoms with E-state index in [4.69, 9.17) is 16.3 Å². The molecule has 1 aromatic heterocycles. The van der Waals surface area contributed by atoms with E-state index in [1.807, 2.05) is 29.6 Å². The van der Waals surface area contributed by atoms with Crippen LogP contribution in [0.15, 0.2) is 41.8 Å². The van der Waals surface area contributed by atoms with Gasteiger partial charge < -0.3 is 10.1 Å². The van der Waals surface area contributed by atoms with Crippen molar-refractivity contribution in [2.75, 3.05) is 18.0 Å². The van der Waals surface area contributed by atoms with Crippen molar-refractivity contribution in [3.8, 4) is 0 Å². The number of thiophene rings is 1. The zero-order valence-corrected chi connectivity index (χ0v) is 13.8. The fraction of sp³-hybridized carbons (Fsp3) is 0.250. The maximum atomic E-state index is 11.9. The number of nitrogens with zero attached hydrogens (tertiary/aromatic N) is 1. The first-order valence-corrected chi connectivity index (χ1v) is 8.40. The van der Waals surface area contributed by atoms with Crippen LogP contribution in [-0.2, 0) is 16.0 Å². The Morgan fingerprint density at radius 3 is 2.83 bits per heavy atom. The smallest absolute Gasteiger partial charge is 0.415 e. The summed E-state index contributed by atoms with van der Waals surface area (Å²) in [7, 11) is 0. The Bertz CT molecular complexity index is 688. The van der Waals surface area contributed by atoms with E-state index in [2.05, 4.69) is 5.32 Å². The van der Waals surface area contributed by atoms with Crippen LogP contribution >= 0.6 is 22.9 Å². The number of rotatable bonds is 5. The maximum Gasteiger partial charge on any atom is 0.415 e. The van der Waals surface area contributed by atoms with Crippen LogP contribution in [0.1, 0.15) is 5.56 Å². The van der Waals surface area contributed by atoms with Crippen LogP contribution < -0.4 is 10.2 Å². The lowest BCUT2D eigenvalue weighted by Crippen LogP contribution is -2.35. The van der Waals surface area contributed by atoms with E-state index in [1.165, 1.54) is 11.3 Å². The van der Waals surface area contributed by atoms with Crippen molar-refractivity contribution in [2.24, 2.45) is 0 Å². The third kappa shape index (κ3) is 4.03. The molecule has 5 nitrogen and oxygen atoms in total. The highest BCUT2D eigenvalue weighted by Gasteiger charge is 2.32. The third-order valence-corrected chi connectivity index (χ3v) is 4.59. The average molecular weight is 351 g/mol. The predicted molar refractivity (Wildman–Crippen MR) is 90.1 cm³/mol. The minimum Gasteiger partial charge on any atom is -0.442 e. The summed E-state index contributed by atoms with van der Waals surface area (Å²) in [5.41, 5.74) is 0.885. The van der Waals surface area contributed by atoms with E-state index < -0.39 is 0 Å². The van der Waals surface area contributed by atoms with Crippen molar-refractivity contribution in [1.29, 1.82) is 0 Å². The Hall–Kier alpha value is -2.05. The summed E-state index contributed by atoms with van der Waals surface area (Å²) in [4.78, 5) is 25.4. The molecular weight excluding hydrogens is 336 g/mol. The molecule has 3 rings (SSSR count). The van der Waals surface area contributed by atoms with Gasteiger partial charge in [-0.3, -0.25) is 9.69 Å². The van der Waals surface area contributed by atoms with Crippen molar-refractivity contribution < 1.29 is 14.3 Å². The monoisotopic (exact) mass is 350 g/mol. The lowest BCUT2D eigenvalue weighted by atomic mass is 10.1. The van der Waals surface area contributed by atoms with Crippen LogP contribution in [0.25, 0.3) is 0 Å². The van der Waals surface area contributed by atoms with E-state index in [9.17, 15) is 9.59 Å². The summed E-state index contributed by atoms with van der Waals surface area (Å²) in [6, 6.07) is 10.9. The van der Waals surface area contributed by atoms with E-state index in [0.717, 1.165) is 10.6 Å². The van der Waals surface area contributed by atoms with Gasteiger partial charge in [-0.1, -0.05) is 23.7 Å². The molecule has 1 aliphatic rings. The number of hydrogen-bond acceptors (Lipinski definition) is 4. The van der Waals surface area contributed by atoms with Crippen LogP contribution in [0.5, 0.6) is 0 Å². The second kappa shape index (κ2) is 7.02. The molecular formula is C16H15ClN2O3S. The Labute approximate surface area is 142 Å². The number of amides is 2. The molecule has 23 heavy (non-hydrogen) atoms. The molecule has 1 atom stereocenters. The Morgan fingerprint density at radius 1 is 1.35 bits per heavy atom. The number of hydrogen-bond donors (Lipinski definition) is 1. The average Bonchev–Trinajstić information content (AvgIpc) is 3.17. The van der Waals surface area contributed by atoms with Crippen LogP contribution in [0.2, 0.25) is 5.02 Å². The Morgan fingerprint density at radius 2 is 2.13 bits per heavy atom. The highest BCUT2D eigenvalue weighted by molar-refractivity contribution is 7.14. The summed E-state index contributed by atoms with van der Waals surface area (Å²) < 4.78 is 5.28. The van der Waals surface area contributed by atoms with E-state index >= 15 is 0 Å². The van der Waals surface area contributed by atoms with Crippen LogP contribution in [-0.4, -0.2) is 31.2 Å². The summed E-state index contributed by atoms with van der Waals surface area (Å²) in [6.45, 7) is 0.751. The van der Waals surface area contributed by atoms with Gasteiger partial charge in [0.15, 0.2) is 0 Å². The number of ether oxygens (including phenoxy) is 1. The van der Waals surface area contributed by atoms with Gasteiger partial charge in [-0.05, 0) is 35.2 Å². The molecule has 1 aliphatic heterocycles. The second-order valence-electron chi connectivity index (χ2n) is 5.17. The molecule has 1 aromatic carbocycles. The molecule has 120 valence electrons. The first-order valence-electron chi connectivity index (χ1n) is 7.14. The van der Waals surface area contributed by atoms with E-state index in [0.29, 0.717) is 18.1 Å². The first kappa shape index (κ1) is 15.8. The molecule has 0 spiro atoms. The summed E-state index contributed by atoms with van der Waals surface area (Å²) in [6.07, 6.45) is -0.435. The van der Waals surface area contributed by atoms with Gasteiger partial charge in [0.05, 0.1) is 19.5 Å². The van der Waals surface area contributed by atoms with Gasteiger partial charge in [-0.25, -0.2) is 4.79 Å². The van der Waals surface area contributed by atoms with Crippen molar-refractivity contribution in [2.45, 2.75) is 12.5 Å². The SMILES string of the molecule is O=C(Cc1ccc(Cl)cc1)NCC1CN(c2cccs2)C(=O)O1. The lowest BCUT2D eigenvalue weighted by molar-refractivity contribution is -0.120. The third-order valence-electron chi connectivity index (χ3n) is 3.45. The number of benzene rings is 1. The van der Waals surface area contributed by atoms with Crippen LogP contribution in [0.3, 0.4) is 0 Å². The molecule has 0 bridgehead atoms. The number of carbonyl (C=O) groups excluding carboxylic acids is 2. The molecule has 2 aromatic rings. The molecule has 0 saturated carbocycles. The van der Waals surface area contributed by atoms with Gasteiger partial charge in [0.25, 0.3) is 0 Å². The van der Waals surface area contributed by atoms with E-state index in [1.54, 1.807) is 17.0 Å². The maximum absolute atomic E-state index is 11.9. The quantitative estimate of drug-likeness (QED) is 0.901. The highest BCUT2D eigenvalue weighted by atomic mass is 35.5. The lowest BCUT2D eigenvalue weighted by Gasteiger charge is -2.11. The van der Waals surface area contributed by atoms with Gasteiger partial charge >= 0.3 is 6.09 Å². The van der Waals surface area contributed by atoms with Gasteiger partial charge in [0.2, 0.25) is 5.91 Å². The molecule has 2 amide bonds. The molecule has 1 saturated heterocycles. The number of carbonyl (C=O) groups is 2. The molecule has 1 fully saturated rings. The van der Waals surface area contributed by atoms with Crippen molar-refractivity contribution in [3.63, 3.8) is 0 Å². The standard InChI is InChI=1S/C16H15ClN2O3S/c17-12-5-3-11(4-6-12)8-14(20)18-9-13-10-19(16(21)22-13)15-2-1-7-23-15/h1-7,13H,8-10H2,(H,18,20). The predicted octanol–water partition coefficient (Wildman–Crippen LogP) is 3.09. The number of anilines is 1. The fourth-order valence-electron chi connectivity index (χ4n) is 2.31. The number of cyclic esters (lactones) is 1. The van der Waals surface area contributed by atoms with Gasteiger partial charge in [-0.15, -0.1) is 11.3 Å². The van der Waals surface area contributed by atoms with Gasteiger partial charge in [0, 0.05) is 5.02 Å².